The van der Waals surface area contributed by atoms with Crippen LogP contribution in [0.3, 0.4) is 0 Å². The van der Waals surface area contributed by atoms with Crippen LogP contribution in [0, 0.1) is 6.92 Å². The number of guanidine groups is 1. The van der Waals surface area contributed by atoms with Crippen LogP contribution in [0.15, 0.2) is 17.1 Å². The number of hydrogen-bond donors (Lipinski definition) is 1. The van der Waals surface area contributed by atoms with E-state index in [0.29, 0.717) is 18.7 Å². The highest BCUT2D eigenvalue weighted by Crippen LogP contribution is 2.18. The van der Waals surface area contributed by atoms with Crippen LogP contribution < -0.4 is 5.32 Å². The van der Waals surface area contributed by atoms with Crippen molar-refractivity contribution in [1.29, 1.82) is 0 Å². The van der Waals surface area contributed by atoms with Gasteiger partial charge in [0.25, 0.3) is 0 Å². The Kier molecular flexibility index (Phi) is 7.69. The van der Waals surface area contributed by atoms with Crippen LogP contribution >= 0.6 is 24.0 Å². The fraction of sp³-hybridized carbons (Fsp3) is 0.737. The Morgan fingerprint density at radius 1 is 1.29 bits per heavy atom. The predicted molar refractivity (Wildman–Crippen MR) is 120 cm³/mol. The van der Waals surface area contributed by atoms with E-state index in [0.717, 1.165) is 69.8 Å². The molecule has 1 aromatic rings. The first-order valence-electron chi connectivity index (χ1n) is 10.1. The van der Waals surface area contributed by atoms with Crippen LogP contribution in [0.25, 0.3) is 0 Å². The molecular weight excluding hydrogens is 469 g/mol. The minimum absolute atomic E-state index is 0. The van der Waals surface area contributed by atoms with Gasteiger partial charge in [-0.05, 0) is 26.2 Å². The highest BCUT2D eigenvalue weighted by molar-refractivity contribution is 14.0. The molecule has 156 valence electrons. The quantitative estimate of drug-likeness (QED) is 0.284. The maximum atomic E-state index is 5.77. The van der Waals surface area contributed by atoms with E-state index in [-0.39, 0.29) is 24.0 Å². The van der Waals surface area contributed by atoms with Gasteiger partial charge >= 0.3 is 0 Å². The first-order valence-corrected chi connectivity index (χ1v) is 10.1. The molecule has 0 aliphatic carbocycles. The average molecular weight is 501 g/mol. The Labute approximate surface area is 184 Å². The molecule has 2 atom stereocenters. The molecule has 0 radical (unpaired) electrons. The second-order valence-corrected chi connectivity index (χ2v) is 7.69. The van der Waals surface area contributed by atoms with Gasteiger partial charge in [0, 0.05) is 52.4 Å². The van der Waals surface area contributed by atoms with Crippen molar-refractivity contribution in [3.05, 3.63) is 23.8 Å². The number of likely N-dealkylation sites (tertiary alicyclic amines) is 1. The fourth-order valence-electron chi connectivity index (χ4n) is 4.04. The molecule has 1 aromatic heterocycles. The Bertz CT molecular complexity index is 690. The maximum Gasteiger partial charge on any atom is 0.194 e. The minimum atomic E-state index is 0. The summed E-state index contributed by atoms with van der Waals surface area (Å²) in [7, 11) is 1.99. The molecule has 0 saturated carbocycles. The van der Waals surface area contributed by atoms with E-state index < -0.39 is 0 Å². The summed E-state index contributed by atoms with van der Waals surface area (Å²) < 4.78 is 7.78. The van der Waals surface area contributed by atoms with Crippen molar-refractivity contribution in [3.8, 4) is 0 Å². The molecular formula is C19H32IN7O. The molecule has 8 nitrogen and oxygen atoms in total. The number of aromatic nitrogens is 3. The zero-order chi connectivity index (χ0) is 18.6. The van der Waals surface area contributed by atoms with E-state index in [1.165, 1.54) is 6.42 Å². The van der Waals surface area contributed by atoms with E-state index in [4.69, 9.17) is 9.73 Å². The van der Waals surface area contributed by atoms with Crippen molar-refractivity contribution in [3.63, 3.8) is 0 Å². The van der Waals surface area contributed by atoms with Crippen LogP contribution in [0.5, 0.6) is 0 Å². The topological polar surface area (TPSA) is 70.8 Å². The average Bonchev–Trinajstić information content (AvgIpc) is 3.45. The molecule has 2 fully saturated rings. The third-order valence-corrected chi connectivity index (χ3v) is 5.89. The Morgan fingerprint density at radius 2 is 2.11 bits per heavy atom. The van der Waals surface area contributed by atoms with Crippen molar-refractivity contribution in [1.82, 2.24) is 29.9 Å². The van der Waals surface area contributed by atoms with E-state index in [1.807, 2.05) is 18.5 Å². The lowest BCUT2D eigenvalue weighted by atomic mass is 10.2. The number of hydrogen-bond acceptors (Lipinski definition) is 5. The van der Waals surface area contributed by atoms with Crippen molar-refractivity contribution in [2.45, 2.75) is 44.9 Å². The van der Waals surface area contributed by atoms with Gasteiger partial charge in [-0.15, -0.1) is 34.2 Å². The molecule has 4 heterocycles. The molecule has 0 aromatic carbocycles. The summed E-state index contributed by atoms with van der Waals surface area (Å²) in [4.78, 5) is 9.83. The highest BCUT2D eigenvalue weighted by Gasteiger charge is 2.30. The van der Waals surface area contributed by atoms with Gasteiger partial charge in [0.1, 0.15) is 12.4 Å². The van der Waals surface area contributed by atoms with Crippen molar-refractivity contribution < 1.29 is 4.74 Å². The number of nitrogens with one attached hydrogen (secondary N) is 1. The van der Waals surface area contributed by atoms with Crippen molar-refractivity contribution >= 4 is 29.9 Å². The molecule has 0 amide bonds. The second-order valence-electron chi connectivity index (χ2n) is 7.69. The first kappa shape index (κ1) is 21.5. The van der Waals surface area contributed by atoms with E-state index in [9.17, 15) is 0 Å². The third-order valence-electron chi connectivity index (χ3n) is 5.89. The number of aryl methyl sites for hydroxylation is 1. The summed E-state index contributed by atoms with van der Waals surface area (Å²) >= 11 is 0. The van der Waals surface area contributed by atoms with Crippen LogP contribution in [-0.4, -0.2) is 82.0 Å². The van der Waals surface area contributed by atoms with Gasteiger partial charge in [-0.2, -0.15) is 0 Å². The highest BCUT2D eigenvalue weighted by atomic mass is 127. The van der Waals surface area contributed by atoms with Gasteiger partial charge in [-0.25, -0.2) is 4.99 Å². The summed E-state index contributed by atoms with van der Waals surface area (Å²) in [6, 6.07) is 0.604. The van der Waals surface area contributed by atoms with Crippen LogP contribution in [0.2, 0.25) is 0 Å². The van der Waals surface area contributed by atoms with Gasteiger partial charge in [0.15, 0.2) is 11.8 Å². The van der Waals surface area contributed by atoms with E-state index in [1.54, 1.807) is 0 Å². The monoisotopic (exact) mass is 501 g/mol. The van der Waals surface area contributed by atoms with Crippen LogP contribution in [0.4, 0.5) is 0 Å². The van der Waals surface area contributed by atoms with Crippen LogP contribution in [0.1, 0.15) is 30.9 Å². The Morgan fingerprint density at radius 3 is 2.79 bits per heavy atom. The van der Waals surface area contributed by atoms with Gasteiger partial charge in [-0.1, -0.05) is 12.2 Å². The van der Waals surface area contributed by atoms with Crippen molar-refractivity contribution in [2.24, 2.45) is 12.0 Å². The lowest BCUT2D eigenvalue weighted by Crippen LogP contribution is -2.45. The molecule has 0 bridgehead atoms. The summed E-state index contributed by atoms with van der Waals surface area (Å²) in [6.45, 7) is 8.42. The molecule has 3 aliphatic heterocycles. The number of halogens is 1. The first-order chi connectivity index (χ1) is 13.2. The molecule has 1 N–H and O–H groups in total. The minimum Gasteiger partial charge on any atom is -0.376 e. The van der Waals surface area contributed by atoms with Crippen LogP contribution in [-0.2, 0) is 18.3 Å². The molecule has 3 aliphatic rings. The molecule has 4 rings (SSSR count). The lowest BCUT2D eigenvalue weighted by Gasteiger charge is -2.26. The van der Waals surface area contributed by atoms with Gasteiger partial charge in [0.2, 0.25) is 0 Å². The molecule has 2 unspecified atom stereocenters. The largest absolute Gasteiger partial charge is 0.376 e. The predicted octanol–water partition coefficient (Wildman–Crippen LogP) is 1.31. The summed E-state index contributed by atoms with van der Waals surface area (Å²) in [6.07, 6.45) is 8.31. The summed E-state index contributed by atoms with van der Waals surface area (Å²) in [5.74, 6) is 2.78. The maximum absolute atomic E-state index is 5.77. The van der Waals surface area contributed by atoms with Gasteiger partial charge < -0.3 is 19.5 Å². The second kappa shape index (κ2) is 10.0. The summed E-state index contributed by atoms with van der Waals surface area (Å²) in [5.41, 5.74) is 0. The smallest absolute Gasteiger partial charge is 0.194 e. The molecule has 0 spiro atoms. The summed E-state index contributed by atoms with van der Waals surface area (Å²) in [5, 5.41) is 12.0. The zero-order valence-electron chi connectivity index (χ0n) is 16.9. The van der Waals surface area contributed by atoms with Crippen molar-refractivity contribution in [2.75, 3.05) is 39.3 Å². The van der Waals surface area contributed by atoms with Gasteiger partial charge in [0.05, 0.1) is 6.10 Å². The normalized spacial score (nSPS) is 25.5. The molecule has 2 saturated heterocycles. The lowest BCUT2D eigenvalue weighted by molar-refractivity contribution is 0.113. The van der Waals surface area contributed by atoms with E-state index >= 15 is 0 Å². The SMILES string of the molecule is Cc1nnc(CN=C(NCC2CCCO2)N2CCC(N3CC=CC3)C2)n1C.I. The van der Waals surface area contributed by atoms with E-state index in [2.05, 4.69) is 37.5 Å². The number of ether oxygens (including phenoxy) is 1. The van der Waals surface area contributed by atoms with Gasteiger partial charge in [-0.3, -0.25) is 4.90 Å². The number of rotatable bonds is 5. The zero-order valence-corrected chi connectivity index (χ0v) is 19.2. The Hall–Kier alpha value is -1.20. The fourth-order valence-corrected chi connectivity index (χ4v) is 4.04. The molecule has 28 heavy (non-hydrogen) atoms. The number of aliphatic imine (C=N–C) groups is 1. The third kappa shape index (κ3) is 5.04. The standard InChI is InChI=1S/C19H31N7O.HI/c1-15-22-23-18(24(15)2)13-21-19(20-12-17-6-5-11-27-17)26-10-7-16(14-26)25-8-3-4-9-25;/h3-4,16-17H,5-14H2,1-2H3,(H,20,21);1H. The number of nitrogens with zero attached hydrogens (tertiary/aromatic N) is 6. The molecule has 9 heteroatoms. The Balaban J connectivity index is 0.00000225.